The molecule has 0 aromatic carbocycles. The van der Waals surface area contributed by atoms with E-state index in [1.807, 2.05) is 13.8 Å². The first-order valence-corrected chi connectivity index (χ1v) is 9.73. The number of amides is 2. The number of carbonyl (C=O) groups is 2. The van der Waals surface area contributed by atoms with Crippen LogP contribution >= 0.6 is 11.3 Å². The van der Waals surface area contributed by atoms with Crippen LogP contribution in [-0.2, 0) is 16.0 Å². The van der Waals surface area contributed by atoms with Crippen LogP contribution in [-0.4, -0.2) is 30.1 Å². The molecule has 0 bridgehead atoms. The van der Waals surface area contributed by atoms with Crippen molar-refractivity contribution in [3.05, 3.63) is 22.7 Å². The SMILES string of the molecule is CC(C)COC(=O)Nc1nc(CC(=O)NCCC2=CCCCC2)cs1. The van der Waals surface area contributed by atoms with Crippen molar-refractivity contribution in [2.24, 2.45) is 5.92 Å². The molecule has 0 saturated heterocycles. The number of rotatable bonds is 8. The summed E-state index contributed by atoms with van der Waals surface area (Å²) in [6, 6.07) is 0. The molecule has 25 heavy (non-hydrogen) atoms. The van der Waals surface area contributed by atoms with E-state index in [0.29, 0.717) is 24.0 Å². The minimum atomic E-state index is -0.514. The predicted octanol–water partition coefficient (Wildman–Crippen LogP) is 3.90. The van der Waals surface area contributed by atoms with Crippen molar-refractivity contribution >= 4 is 28.5 Å². The molecule has 2 N–H and O–H groups in total. The van der Waals surface area contributed by atoms with Crippen molar-refractivity contribution in [2.45, 2.75) is 52.4 Å². The molecular formula is C18H27N3O3S. The molecule has 2 rings (SSSR count). The molecule has 1 aliphatic carbocycles. The van der Waals surface area contributed by atoms with Gasteiger partial charge in [0, 0.05) is 11.9 Å². The maximum atomic E-state index is 12.0. The summed E-state index contributed by atoms with van der Waals surface area (Å²) >= 11 is 1.29. The number of hydrogen-bond acceptors (Lipinski definition) is 5. The van der Waals surface area contributed by atoms with Crippen molar-refractivity contribution in [2.75, 3.05) is 18.5 Å². The summed E-state index contributed by atoms with van der Waals surface area (Å²) in [5, 5.41) is 7.75. The van der Waals surface area contributed by atoms with Gasteiger partial charge in [-0.25, -0.2) is 9.78 Å². The Hall–Kier alpha value is -1.89. The third-order valence-electron chi connectivity index (χ3n) is 3.80. The van der Waals surface area contributed by atoms with Gasteiger partial charge in [0.15, 0.2) is 5.13 Å². The molecule has 6 nitrogen and oxygen atoms in total. The van der Waals surface area contributed by atoms with Gasteiger partial charge in [0.25, 0.3) is 0 Å². The molecule has 0 unspecified atom stereocenters. The highest BCUT2D eigenvalue weighted by Crippen LogP contribution is 2.19. The number of hydrogen-bond donors (Lipinski definition) is 2. The van der Waals surface area contributed by atoms with Gasteiger partial charge >= 0.3 is 6.09 Å². The maximum absolute atomic E-state index is 12.0. The highest BCUT2D eigenvalue weighted by atomic mass is 32.1. The first kappa shape index (κ1) is 19.4. The maximum Gasteiger partial charge on any atom is 0.413 e. The Kier molecular flexibility index (Phi) is 7.91. The van der Waals surface area contributed by atoms with E-state index in [-0.39, 0.29) is 18.2 Å². The second-order valence-corrected chi connectivity index (χ2v) is 7.50. The quantitative estimate of drug-likeness (QED) is 0.685. The van der Waals surface area contributed by atoms with Gasteiger partial charge in [0.2, 0.25) is 5.91 Å². The van der Waals surface area contributed by atoms with Crippen molar-refractivity contribution in [1.82, 2.24) is 10.3 Å². The lowest BCUT2D eigenvalue weighted by Crippen LogP contribution is -2.26. The summed E-state index contributed by atoms with van der Waals surface area (Å²) in [5.74, 6) is 0.237. The third kappa shape index (κ3) is 7.69. The average molecular weight is 365 g/mol. The molecular weight excluding hydrogens is 338 g/mol. The normalized spacial score (nSPS) is 14.1. The van der Waals surface area contributed by atoms with Crippen molar-refractivity contribution in [1.29, 1.82) is 0 Å². The van der Waals surface area contributed by atoms with Crippen LogP contribution in [0.2, 0.25) is 0 Å². The summed E-state index contributed by atoms with van der Waals surface area (Å²) in [7, 11) is 0. The number of thiazole rings is 1. The lowest BCUT2D eigenvalue weighted by atomic mass is 9.97. The summed E-state index contributed by atoms with van der Waals surface area (Å²) in [6.45, 7) is 4.97. The van der Waals surface area contributed by atoms with E-state index in [2.05, 4.69) is 21.7 Å². The van der Waals surface area contributed by atoms with Crippen molar-refractivity contribution < 1.29 is 14.3 Å². The van der Waals surface area contributed by atoms with Crippen LogP contribution in [0.15, 0.2) is 17.0 Å². The Bertz CT molecular complexity index is 610. The second-order valence-electron chi connectivity index (χ2n) is 6.65. The second kappa shape index (κ2) is 10.2. The molecule has 138 valence electrons. The lowest BCUT2D eigenvalue weighted by molar-refractivity contribution is -0.120. The standard InChI is InChI=1S/C18H27N3O3S/c1-13(2)11-24-18(23)21-17-20-15(12-25-17)10-16(22)19-9-8-14-6-4-3-5-7-14/h6,12-13H,3-5,7-11H2,1-2H3,(H,19,22)(H,20,21,23). The summed E-state index contributed by atoms with van der Waals surface area (Å²) in [4.78, 5) is 27.8. The van der Waals surface area contributed by atoms with E-state index in [4.69, 9.17) is 4.74 Å². The predicted molar refractivity (Wildman–Crippen MR) is 99.8 cm³/mol. The number of carbonyl (C=O) groups excluding carboxylic acids is 2. The first-order chi connectivity index (χ1) is 12.0. The fourth-order valence-corrected chi connectivity index (χ4v) is 3.23. The molecule has 1 aromatic heterocycles. The highest BCUT2D eigenvalue weighted by molar-refractivity contribution is 7.13. The van der Waals surface area contributed by atoms with Gasteiger partial charge in [-0.05, 0) is 38.0 Å². The molecule has 0 spiro atoms. The Morgan fingerprint density at radius 3 is 2.92 bits per heavy atom. The summed E-state index contributed by atoms with van der Waals surface area (Å²) in [6.07, 6.45) is 7.79. The molecule has 1 aliphatic rings. The van der Waals surface area contributed by atoms with Crippen LogP contribution in [0, 0.1) is 5.92 Å². The van der Waals surface area contributed by atoms with E-state index < -0.39 is 6.09 Å². The number of anilines is 1. The minimum Gasteiger partial charge on any atom is -0.449 e. The highest BCUT2D eigenvalue weighted by Gasteiger charge is 2.11. The van der Waals surface area contributed by atoms with Gasteiger partial charge in [-0.15, -0.1) is 11.3 Å². The number of aromatic nitrogens is 1. The Morgan fingerprint density at radius 2 is 2.20 bits per heavy atom. The topological polar surface area (TPSA) is 80.3 Å². The molecule has 7 heteroatoms. The van der Waals surface area contributed by atoms with E-state index in [9.17, 15) is 9.59 Å². The van der Waals surface area contributed by atoms with E-state index in [1.54, 1.807) is 5.38 Å². The third-order valence-corrected chi connectivity index (χ3v) is 4.61. The Morgan fingerprint density at radius 1 is 1.36 bits per heavy atom. The molecule has 0 radical (unpaired) electrons. The fourth-order valence-electron chi connectivity index (χ4n) is 2.53. The van der Waals surface area contributed by atoms with E-state index >= 15 is 0 Å². The van der Waals surface area contributed by atoms with Gasteiger partial charge in [-0.2, -0.15) is 0 Å². The van der Waals surface area contributed by atoms with Gasteiger partial charge < -0.3 is 10.1 Å². The summed E-state index contributed by atoms with van der Waals surface area (Å²) < 4.78 is 5.04. The number of nitrogens with one attached hydrogen (secondary N) is 2. The zero-order valence-corrected chi connectivity index (χ0v) is 15.8. The zero-order chi connectivity index (χ0) is 18.1. The molecule has 0 atom stereocenters. The van der Waals surface area contributed by atoms with Crippen LogP contribution in [0.25, 0.3) is 0 Å². The average Bonchev–Trinajstić information content (AvgIpc) is 3.00. The molecule has 1 aromatic rings. The Balaban J connectivity index is 1.68. The number of nitrogens with zero attached hydrogens (tertiary/aromatic N) is 1. The van der Waals surface area contributed by atoms with Crippen LogP contribution in [0.4, 0.5) is 9.93 Å². The van der Waals surface area contributed by atoms with Crippen LogP contribution < -0.4 is 10.6 Å². The molecule has 0 aliphatic heterocycles. The molecule has 0 fully saturated rings. The van der Waals surface area contributed by atoms with Crippen molar-refractivity contribution in [3.8, 4) is 0 Å². The zero-order valence-electron chi connectivity index (χ0n) is 15.0. The van der Waals surface area contributed by atoms with Crippen LogP contribution in [0.1, 0.15) is 51.6 Å². The van der Waals surface area contributed by atoms with Crippen molar-refractivity contribution in [3.63, 3.8) is 0 Å². The van der Waals surface area contributed by atoms with E-state index in [1.165, 1.54) is 29.8 Å². The first-order valence-electron chi connectivity index (χ1n) is 8.85. The minimum absolute atomic E-state index is 0.0457. The molecule has 1 heterocycles. The van der Waals surface area contributed by atoms with E-state index in [0.717, 1.165) is 19.3 Å². The summed E-state index contributed by atoms with van der Waals surface area (Å²) in [5.41, 5.74) is 2.10. The Labute approximate surface area is 153 Å². The largest absolute Gasteiger partial charge is 0.449 e. The monoisotopic (exact) mass is 365 g/mol. The van der Waals surface area contributed by atoms with Gasteiger partial charge in [-0.1, -0.05) is 25.5 Å². The van der Waals surface area contributed by atoms with Crippen LogP contribution in [0.3, 0.4) is 0 Å². The smallest absolute Gasteiger partial charge is 0.413 e. The van der Waals surface area contributed by atoms with Gasteiger partial charge in [-0.3, -0.25) is 10.1 Å². The van der Waals surface area contributed by atoms with Crippen LogP contribution in [0.5, 0.6) is 0 Å². The molecule has 0 saturated carbocycles. The fraction of sp³-hybridized carbons (Fsp3) is 0.611. The van der Waals surface area contributed by atoms with Gasteiger partial charge in [0.05, 0.1) is 18.7 Å². The lowest BCUT2D eigenvalue weighted by Gasteiger charge is -2.12. The molecule has 2 amide bonds. The number of allylic oxidation sites excluding steroid dienone is 1. The number of ether oxygens (including phenoxy) is 1. The van der Waals surface area contributed by atoms with Gasteiger partial charge in [0.1, 0.15) is 0 Å².